The van der Waals surface area contributed by atoms with Crippen molar-refractivity contribution in [3.05, 3.63) is 45.6 Å². The smallest absolute Gasteiger partial charge is 0.270 e. The molecule has 0 atom stereocenters. The number of benzene rings is 1. The van der Waals surface area contributed by atoms with Gasteiger partial charge in [0.15, 0.2) is 5.13 Å². The maximum atomic E-state index is 13.0. The molecule has 3 aromatic rings. The van der Waals surface area contributed by atoms with E-state index < -0.39 is 0 Å². The van der Waals surface area contributed by atoms with Crippen LogP contribution < -0.4 is 5.32 Å². The van der Waals surface area contributed by atoms with E-state index in [0.29, 0.717) is 23.8 Å². The van der Waals surface area contributed by atoms with Crippen molar-refractivity contribution in [2.75, 3.05) is 25.0 Å². The Labute approximate surface area is 171 Å². The molecule has 0 unspecified atom stereocenters. The SMILES string of the molecule is O=C(c1cc2c(Cl)cccc2[nH]1)N1CCc2nc(NCC3(CO)CC3)sc2C1. The Balaban J connectivity index is 1.30. The summed E-state index contributed by atoms with van der Waals surface area (Å²) in [4.78, 5) is 23.9. The molecule has 146 valence electrons. The van der Waals surface area contributed by atoms with Crippen LogP contribution in [0.25, 0.3) is 10.9 Å². The molecule has 3 heterocycles. The number of hydrogen-bond acceptors (Lipinski definition) is 5. The number of aliphatic hydroxyl groups excluding tert-OH is 1. The molecule has 1 fully saturated rings. The monoisotopic (exact) mass is 416 g/mol. The van der Waals surface area contributed by atoms with E-state index in [4.69, 9.17) is 16.6 Å². The van der Waals surface area contributed by atoms with E-state index in [2.05, 4.69) is 10.3 Å². The molecule has 2 aromatic heterocycles. The second-order valence-electron chi connectivity index (χ2n) is 7.76. The summed E-state index contributed by atoms with van der Waals surface area (Å²) < 4.78 is 0. The normalized spacial score (nSPS) is 17.6. The van der Waals surface area contributed by atoms with Crippen molar-refractivity contribution < 1.29 is 9.90 Å². The van der Waals surface area contributed by atoms with Gasteiger partial charge in [-0.15, -0.1) is 0 Å². The number of aromatic nitrogens is 2. The number of carbonyl (C=O) groups is 1. The Morgan fingerprint density at radius 2 is 2.29 bits per heavy atom. The molecule has 1 amide bonds. The van der Waals surface area contributed by atoms with Gasteiger partial charge in [-0.05, 0) is 31.0 Å². The molecule has 6 nitrogen and oxygen atoms in total. The number of halogens is 1. The number of carbonyl (C=O) groups excluding carboxylic acids is 1. The summed E-state index contributed by atoms with van der Waals surface area (Å²) >= 11 is 7.84. The van der Waals surface area contributed by atoms with Crippen molar-refractivity contribution in [3.63, 3.8) is 0 Å². The fourth-order valence-electron chi connectivity index (χ4n) is 3.68. The zero-order valence-corrected chi connectivity index (χ0v) is 16.9. The summed E-state index contributed by atoms with van der Waals surface area (Å²) in [5.74, 6) is -0.0157. The minimum atomic E-state index is -0.0157. The fraction of sp³-hybridized carbons (Fsp3) is 0.400. The average molecular weight is 417 g/mol. The van der Waals surface area contributed by atoms with Gasteiger partial charge >= 0.3 is 0 Å². The topological polar surface area (TPSA) is 81.2 Å². The highest BCUT2D eigenvalue weighted by molar-refractivity contribution is 7.15. The lowest BCUT2D eigenvalue weighted by atomic mass is 10.1. The largest absolute Gasteiger partial charge is 0.396 e. The van der Waals surface area contributed by atoms with Gasteiger partial charge in [-0.3, -0.25) is 4.79 Å². The standard InChI is InChI=1S/C20H21ClN4O2S/c21-13-2-1-3-14-12(13)8-16(23-14)18(27)25-7-4-15-17(9-25)28-19(24-15)22-10-20(11-26)5-6-20/h1-3,8,23,26H,4-7,9-11H2,(H,22,24). The molecular weight excluding hydrogens is 396 g/mol. The molecule has 0 spiro atoms. The predicted molar refractivity (Wildman–Crippen MR) is 111 cm³/mol. The highest BCUT2D eigenvalue weighted by Crippen LogP contribution is 2.45. The van der Waals surface area contributed by atoms with Gasteiger partial charge in [0.2, 0.25) is 0 Å². The van der Waals surface area contributed by atoms with Crippen LogP contribution >= 0.6 is 22.9 Å². The third-order valence-corrected chi connectivity index (χ3v) is 7.14. The van der Waals surface area contributed by atoms with E-state index in [-0.39, 0.29) is 17.9 Å². The van der Waals surface area contributed by atoms with Crippen molar-refractivity contribution in [3.8, 4) is 0 Å². The molecule has 8 heteroatoms. The van der Waals surface area contributed by atoms with Crippen molar-refractivity contribution in [1.82, 2.24) is 14.9 Å². The molecule has 2 aliphatic rings. The van der Waals surface area contributed by atoms with Crippen molar-refractivity contribution in [2.45, 2.75) is 25.8 Å². The number of nitrogens with one attached hydrogen (secondary N) is 2. The Bertz CT molecular complexity index is 1060. The molecule has 0 bridgehead atoms. The predicted octanol–water partition coefficient (Wildman–Crippen LogP) is 3.66. The number of amides is 1. The number of aliphatic hydroxyl groups is 1. The van der Waals surface area contributed by atoms with Crippen LogP contribution in [0.2, 0.25) is 5.02 Å². The van der Waals surface area contributed by atoms with Crippen molar-refractivity contribution in [2.24, 2.45) is 5.41 Å². The Morgan fingerprint density at radius 1 is 1.43 bits per heavy atom. The zero-order valence-electron chi connectivity index (χ0n) is 15.3. The first-order valence-electron chi connectivity index (χ1n) is 9.47. The first-order chi connectivity index (χ1) is 13.6. The second kappa shape index (κ2) is 6.76. The third kappa shape index (κ3) is 3.17. The van der Waals surface area contributed by atoms with Crippen LogP contribution in [0.5, 0.6) is 0 Å². The minimum Gasteiger partial charge on any atom is -0.396 e. The quantitative estimate of drug-likeness (QED) is 0.592. The number of aromatic amines is 1. The fourth-order valence-corrected chi connectivity index (χ4v) is 4.93. The summed E-state index contributed by atoms with van der Waals surface area (Å²) in [5.41, 5.74) is 2.55. The lowest BCUT2D eigenvalue weighted by Crippen LogP contribution is -2.35. The zero-order chi connectivity index (χ0) is 19.3. The Morgan fingerprint density at radius 3 is 3.04 bits per heavy atom. The summed E-state index contributed by atoms with van der Waals surface area (Å²) in [6.45, 7) is 2.21. The number of thiazole rings is 1. The summed E-state index contributed by atoms with van der Waals surface area (Å²) in [5, 5.41) is 15.2. The van der Waals surface area contributed by atoms with Crippen LogP contribution in [0.3, 0.4) is 0 Å². The second-order valence-corrected chi connectivity index (χ2v) is 9.25. The Hall–Kier alpha value is -2.09. The highest BCUT2D eigenvalue weighted by Gasteiger charge is 2.42. The van der Waals surface area contributed by atoms with E-state index in [1.54, 1.807) is 11.3 Å². The number of H-pyrrole nitrogens is 1. The Kier molecular flexibility index (Phi) is 4.34. The summed E-state index contributed by atoms with van der Waals surface area (Å²) in [6.07, 6.45) is 2.89. The first-order valence-corrected chi connectivity index (χ1v) is 10.7. The maximum Gasteiger partial charge on any atom is 0.270 e. The molecule has 1 saturated carbocycles. The molecule has 1 aliphatic carbocycles. The third-order valence-electron chi connectivity index (χ3n) is 5.77. The number of hydrogen-bond donors (Lipinski definition) is 3. The molecule has 1 aromatic carbocycles. The molecule has 28 heavy (non-hydrogen) atoms. The van der Waals surface area contributed by atoms with E-state index in [1.165, 1.54) is 0 Å². The van der Waals surface area contributed by atoms with Crippen molar-refractivity contribution in [1.29, 1.82) is 0 Å². The van der Waals surface area contributed by atoms with E-state index in [1.807, 2.05) is 29.2 Å². The van der Waals surface area contributed by atoms with Gasteiger partial charge < -0.3 is 20.3 Å². The number of nitrogens with zero attached hydrogens (tertiary/aromatic N) is 2. The summed E-state index contributed by atoms with van der Waals surface area (Å²) in [6, 6.07) is 7.45. The van der Waals surface area contributed by atoms with Crippen LogP contribution in [-0.4, -0.2) is 45.6 Å². The van der Waals surface area contributed by atoms with Gasteiger partial charge in [-0.25, -0.2) is 4.98 Å². The first kappa shape index (κ1) is 18.0. The average Bonchev–Trinajstić information content (AvgIpc) is 3.16. The molecule has 0 radical (unpaired) electrons. The number of rotatable bonds is 5. The van der Waals surface area contributed by atoms with E-state index in [0.717, 1.165) is 52.4 Å². The van der Waals surface area contributed by atoms with Crippen LogP contribution in [0.15, 0.2) is 24.3 Å². The van der Waals surface area contributed by atoms with Crippen LogP contribution in [0.4, 0.5) is 5.13 Å². The van der Waals surface area contributed by atoms with Gasteiger partial charge in [-0.2, -0.15) is 0 Å². The van der Waals surface area contributed by atoms with E-state index >= 15 is 0 Å². The van der Waals surface area contributed by atoms with Gasteiger partial charge in [0.05, 0.1) is 18.8 Å². The van der Waals surface area contributed by atoms with Crippen LogP contribution in [0, 0.1) is 5.41 Å². The lowest BCUT2D eigenvalue weighted by molar-refractivity contribution is 0.0731. The van der Waals surface area contributed by atoms with Crippen LogP contribution in [0.1, 0.15) is 33.9 Å². The molecule has 5 rings (SSSR count). The molecule has 3 N–H and O–H groups in total. The van der Waals surface area contributed by atoms with Crippen molar-refractivity contribution >= 4 is 44.9 Å². The number of fused-ring (bicyclic) bond motifs is 2. The van der Waals surface area contributed by atoms with Gasteiger partial charge in [0, 0.05) is 45.7 Å². The molecular formula is C20H21ClN4O2S. The van der Waals surface area contributed by atoms with Gasteiger partial charge in [-0.1, -0.05) is 29.0 Å². The van der Waals surface area contributed by atoms with Gasteiger partial charge in [0.1, 0.15) is 5.69 Å². The highest BCUT2D eigenvalue weighted by atomic mass is 35.5. The van der Waals surface area contributed by atoms with E-state index in [9.17, 15) is 9.90 Å². The number of anilines is 1. The maximum absolute atomic E-state index is 13.0. The lowest BCUT2D eigenvalue weighted by Gasteiger charge is -2.25. The molecule has 0 saturated heterocycles. The van der Waals surface area contributed by atoms with Gasteiger partial charge in [0.25, 0.3) is 5.91 Å². The molecule has 1 aliphatic heterocycles. The minimum absolute atomic E-state index is 0.0157. The van der Waals surface area contributed by atoms with Crippen LogP contribution in [-0.2, 0) is 13.0 Å². The summed E-state index contributed by atoms with van der Waals surface area (Å²) in [7, 11) is 0.